The van der Waals surface area contributed by atoms with Gasteiger partial charge in [-0.1, -0.05) is 0 Å². The predicted molar refractivity (Wildman–Crippen MR) is 108 cm³/mol. The molecule has 6 nitrogen and oxygen atoms in total. The number of nitrogens with zero attached hydrogens (tertiary/aromatic N) is 4. The standard InChI is InChI=1S/C21H26N4O2S/c1-15-10-23-17(11-22-15)12-25-14-21(8-6-19(25)26)7-3-9-24(13-21)20(27)18-5-4-16(2)28-18/h4-5,10-11H,3,6-9,12-14H2,1-2H3/t21-/m0/s1. The van der Waals surface area contributed by atoms with Crippen LogP contribution in [0.15, 0.2) is 24.5 Å². The first-order valence-corrected chi connectivity index (χ1v) is 10.7. The highest BCUT2D eigenvalue weighted by atomic mass is 32.1. The van der Waals surface area contributed by atoms with E-state index in [4.69, 9.17) is 0 Å². The van der Waals surface area contributed by atoms with Gasteiger partial charge in [-0.25, -0.2) is 0 Å². The molecule has 2 amide bonds. The van der Waals surface area contributed by atoms with Crippen LogP contribution in [0.25, 0.3) is 0 Å². The summed E-state index contributed by atoms with van der Waals surface area (Å²) in [5, 5.41) is 0. The van der Waals surface area contributed by atoms with Gasteiger partial charge in [-0.2, -0.15) is 0 Å². The summed E-state index contributed by atoms with van der Waals surface area (Å²) >= 11 is 1.56. The quantitative estimate of drug-likeness (QED) is 0.796. The molecule has 1 atom stereocenters. The summed E-state index contributed by atoms with van der Waals surface area (Å²) in [5.41, 5.74) is 1.68. The molecule has 2 aliphatic heterocycles. The fraction of sp³-hybridized carbons (Fsp3) is 0.524. The Labute approximate surface area is 169 Å². The smallest absolute Gasteiger partial charge is 0.263 e. The minimum absolute atomic E-state index is 0.00769. The number of hydrogen-bond acceptors (Lipinski definition) is 5. The molecular weight excluding hydrogens is 372 g/mol. The Morgan fingerprint density at radius 1 is 1.18 bits per heavy atom. The number of hydrogen-bond donors (Lipinski definition) is 0. The van der Waals surface area contributed by atoms with Crippen LogP contribution < -0.4 is 0 Å². The molecule has 0 aliphatic carbocycles. The minimum atomic E-state index is -0.00769. The predicted octanol–water partition coefficient (Wildman–Crippen LogP) is 3.20. The van der Waals surface area contributed by atoms with Gasteiger partial charge in [0.15, 0.2) is 0 Å². The van der Waals surface area contributed by atoms with E-state index in [-0.39, 0.29) is 17.2 Å². The zero-order chi connectivity index (χ0) is 19.7. The Kier molecular flexibility index (Phi) is 5.19. The van der Waals surface area contributed by atoms with Gasteiger partial charge < -0.3 is 9.80 Å². The van der Waals surface area contributed by atoms with Crippen molar-refractivity contribution in [2.24, 2.45) is 5.41 Å². The Bertz CT molecular complexity index is 879. The molecule has 0 saturated carbocycles. The summed E-state index contributed by atoms with van der Waals surface area (Å²) in [6.07, 6.45) is 6.93. The van der Waals surface area contributed by atoms with Gasteiger partial charge in [0.1, 0.15) is 0 Å². The van der Waals surface area contributed by atoms with Gasteiger partial charge in [-0.15, -0.1) is 11.3 Å². The molecule has 2 aromatic rings. The van der Waals surface area contributed by atoms with Gasteiger partial charge in [-0.3, -0.25) is 19.6 Å². The van der Waals surface area contributed by atoms with Crippen molar-refractivity contribution in [3.05, 3.63) is 45.7 Å². The fourth-order valence-corrected chi connectivity index (χ4v) is 5.20. The molecule has 0 unspecified atom stereocenters. The molecule has 4 rings (SSSR count). The molecule has 148 valence electrons. The molecule has 2 aliphatic rings. The summed E-state index contributed by atoms with van der Waals surface area (Å²) in [7, 11) is 0. The maximum absolute atomic E-state index is 12.9. The summed E-state index contributed by atoms with van der Waals surface area (Å²) in [6.45, 7) is 6.64. The summed E-state index contributed by atoms with van der Waals surface area (Å²) in [4.78, 5) is 40.0. The number of rotatable bonds is 3. The van der Waals surface area contributed by atoms with Crippen molar-refractivity contribution < 1.29 is 9.59 Å². The maximum Gasteiger partial charge on any atom is 0.263 e. The van der Waals surface area contributed by atoms with Gasteiger partial charge in [0.25, 0.3) is 5.91 Å². The molecular formula is C21H26N4O2S. The van der Waals surface area contributed by atoms with Crippen molar-refractivity contribution in [3.8, 4) is 0 Å². The van der Waals surface area contributed by atoms with Gasteiger partial charge in [-0.05, 0) is 45.2 Å². The SMILES string of the molecule is Cc1cnc(CN2C[C@@]3(CCCN(C(=O)c4ccc(C)s4)C3)CCC2=O)cn1. The van der Waals surface area contributed by atoms with E-state index in [0.29, 0.717) is 19.5 Å². The highest BCUT2D eigenvalue weighted by Gasteiger charge is 2.43. The van der Waals surface area contributed by atoms with E-state index < -0.39 is 0 Å². The molecule has 0 N–H and O–H groups in total. The second-order valence-electron chi connectivity index (χ2n) is 8.14. The lowest BCUT2D eigenvalue weighted by Crippen LogP contribution is -2.54. The summed E-state index contributed by atoms with van der Waals surface area (Å²) in [6, 6.07) is 3.93. The van der Waals surface area contributed by atoms with Crippen molar-refractivity contribution >= 4 is 23.2 Å². The number of carbonyl (C=O) groups is 2. The van der Waals surface area contributed by atoms with Crippen LogP contribution in [0.1, 0.15) is 51.6 Å². The monoisotopic (exact) mass is 398 g/mol. The van der Waals surface area contributed by atoms with E-state index in [9.17, 15) is 9.59 Å². The summed E-state index contributed by atoms with van der Waals surface area (Å²) < 4.78 is 0. The van der Waals surface area contributed by atoms with Crippen molar-refractivity contribution in [2.45, 2.75) is 46.1 Å². The van der Waals surface area contributed by atoms with E-state index in [1.54, 1.807) is 23.7 Å². The Hall–Kier alpha value is -2.28. The molecule has 1 spiro atoms. The molecule has 2 aromatic heterocycles. The van der Waals surface area contributed by atoms with E-state index >= 15 is 0 Å². The lowest BCUT2D eigenvalue weighted by Gasteiger charge is -2.48. The van der Waals surface area contributed by atoms with Gasteiger partial charge in [0.05, 0.1) is 29.0 Å². The topological polar surface area (TPSA) is 66.4 Å². The third-order valence-electron chi connectivity index (χ3n) is 5.84. The average molecular weight is 399 g/mol. The molecule has 2 fully saturated rings. The first kappa shape index (κ1) is 19.1. The molecule has 7 heteroatoms. The lowest BCUT2D eigenvalue weighted by atomic mass is 9.73. The average Bonchev–Trinajstić information content (AvgIpc) is 3.13. The number of amides is 2. The van der Waals surface area contributed by atoms with Crippen LogP contribution in [0.2, 0.25) is 0 Å². The third kappa shape index (κ3) is 3.94. The first-order valence-electron chi connectivity index (χ1n) is 9.85. The molecule has 4 heterocycles. The molecule has 0 bridgehead atoms. The normalized spacial score (nSPS) is 22.7. The van der Waals surface area contributed by atoms with Gasteiger partial charge >= 0.3 is 0 Å². The Morgan fingerprint density at radius 2 is 2.04 bits per heavy atom. The Morgan fingerprint density at radius 3 is 2.75 bits per heavy atom. The van der Waals surface area contributed by atoms with E-state index in [1.807, 2.05) is 35.8 Å². The highest BCUT2D eigenvalue weighted by Crippen LogP contribution is 2.39. The number of carbonyl (C=O) groups excluding carboxylic acids is 2. The van der Waals surface area contributed by atoms with Crippen molar-refractivity contribution in [2.75, 3.05) is 19.6 Å². The maximum atomic E-state index is 12.9. The van der Waals surface area contributed by atoms with Crippen molar-refractivity contribution in [1.29, 1.82) is 0 Å². The van der Waals surface area contributed by atoms with Crippen LogP contribution in [-0.2, 0) is 11.3 Å². The van der Waals surface area contributed by atoms with Crippen molar-refractivity contribution in [1.82, 2.24) is 19.8 Å². The zero-order valence-electron chi connectivity index (χ0n) is 16.5. The number of aromatic nitrogens is 2. The number of thiophene rings is 1. The van der Waals surface area contributed by atoms with Crippen LogP contribution in [0.5, 0.6) is 0 Å². The van der Waals surface area contributed by atoms with Crippen molar-refractivity contribution in [3.63, 3.8) is 0 Å². The second kappa shape index (κ2) is 7.62. The Balaban J connectivity index is 1.47. The van der Waals surface area contributed by atoms with E-state index in [0.717, 1.165) is 53.5 Å². The molecule has 28 heavy (non-hydrogen) atoms. The molecule has 2 saturated heterocycles. The van der Waals surface area contributed by atoms with Crippen LogP contribution in [0.3, 0.4) is 0 Å². The zero-order valence-corrected chi connectivity index (χ0v) is 17.3. The number of piperidine rings is 2. The van der Waals surface area contributed by atoms with Crippen LogP contribution in [-0.4, -0.2) is 51.2 Å². The van der Waals surface area contributed by atoms with E-state index in [1.165, 1.54) is 0 Å². The first-order chi connectivity index (χ1) is 13.4. The van der Waals surface area contributed by atoms with Gasteiger partial charge in [0.2, 0.25) is 5.91 Å². The van der Waals surface area contributed by atoms with Crippen LogP contribution in [0, 0.1) is 19.3 Å². The molecule has 0 radical (unpaired) electrons. The number of aryl methyl sites for hydroxylation is 2. The lowest BCUT2D eigenvalue weighted by molar-refractivity contribution is -0.139. The summed E-state index contributed by atoms with van der Waals surface area (Å²) in [5.74, 6) is 0.301. The molecule has 0 aromatic carbocycles. The van der Waals surface area contributed by atoms with Crippen LogP contribution in [0.4, 0.5) is 0 Å². The fourth-order valence-electron chi connectivity index (χ4n) is 4.36. The van der Waals surface area contributed by atoms with E-state index in [2.05, 4.69) is 9.97 Å². The third-order valence-corrected chi connectivity index (χ3v) is 6.82. The largest absolute Gasteiger partial charge is 0.337 e. The number of likely N-dealkylation sites (tertiary alicyclic amines) is 2. The highest BCUT2D eigenvalue weighted by molar-refractivity contribution is 7.13. The minimum Gasteiger partial charge on any atom is -0.337 e. The second-order valence-corrected chi connectivity index (χ2v) is 9.43. The van der Waals surface area contributed by atoms with Crippen LogP contribution >= 0.6 is 11.3 Å². The van der Waals surface area contributed by atoms with Gasteiger partial charge in [0, 0.05) is 42.5 Å².